The van der Waals surface area contributed by atoms with Gasteiger partial charge < -0.3 is 9.32 Å². The van der Waals surface area contributed by atoms with Crippen LogP contribution in [-0.4, -0.2) is 4.98 Å². The van der Waals surface area contributed by atoms with E-state index in [2.05, 4.69) is 195 Å². The second-order valence-corrected chi connectivity index (χ2v) is 15.1. The Labute approximate surface area is 320 Å². The summed E-state index contributed by atoms with van der Waals surface area (Å²) < 4.78 is 6.76. The van der Waals surface area contributed by atoms with E-state index in [0.29, 0.717) is 5.89 Å². The molecule has 0 fully saturated rings. The molecule has 0 aliphatic heterocycles. The summed E-state index contributed by atoms with van der Waals surface area (Å²) in [5, 5.41) is 2.32. The van der Waals surface area contributed by atoms with Crippen molar-refractivity contribution in [1.82, 2.24) is 4.98 Å². The molecule has 0 atom stereocenters. The van der Waals surface area contributed by atoms with Crippen molar-refractivity contribution in [3.63, 3.8) is 0 Å². The Morgan fingerprint density at radius 2 is 1.07 bits per heavy atom. The number of hydrogen-bond acceptors (Lipinski definition) is 3. The molecule has 11 rings (SSSR count). The fraction of sp³-hybridized carbons (Fsp3) is 0.0577. The highest BCUT2D eigenvalue weighted by Crippen LogP contribution is 2.54. The first-order valence-corrected chi connectivity index (χ1v) is 19.0. The third kappa shape index (κ3) is 4.79. The Kier molecular flexibility index (Phi) is 6.90. The first-order chi connectivity index (χ1) is 27.0. The molecule has 3 heteroatoms. The van der Waals surface area contributed by atoms with Gasteiger partial charge in [0.05, 0.1) is 5.69 Å². The van der Waals surface area contributed by atoms with E-state index in [1.807, 2.05) is 6.07 Å². The van der Waals surface area contributed by atoms with Crippen LogP contribution in [0.4, 0.5) is 17.1 Å². The van der Waals surface area contributed by atoms with Crippen molar-refractivity contribution >= 4 is 27.8 Å². The standard InChI is InChI=1S/C52H36N2O/c1-52(2)45-26-12-11-22-39(45)40-28-27-37(32-46(40)52)54(36-20-13-19-35(31-36)33-15-5-3-6-16-33)47-30-29-43-48-42(47)24-14-25-44(48)50-49(43)53-51(55-50)41-23-10-9-21-38(41)34-17-7-4-8-18-34/h3-32H,1-2H3. The van der Waals surface area contributed by atoms with Crippen molar-refractivity contribution in [2.45, 2.75) is 19.3 Å². The van der Waals surface area contributed by atoms with Crippen molar-refractivity contribution in [2.24, 2.45) is 0 Å². The zero-order valence-electron chi connectivity index (χ0n) is 30.6. The highest BCUT2D eigenvalue weighted by Gasteiger charge is 2.36. The van der Waals surface area contributed by atoms with E-state index in [1.54, 1.807) is 0 Å². The average Bonchev–Trinajstić information content (AvgIpc) is 3.88. The first kappa shape index (κ1) is 31.5. The monoisotopic (exact) mass is 704 g/mol. The van der Waals surface area contributed by atoms with Gasteiger partial charge in [0.25, 0.3) is 0 Å². The van der Waals surface area contributed by atoms with Gasteiger partial charge in [-0.05, 0) is 87.0 Å². The number of anilines is 3. The third-order valence-electron chi connectivity index (χ3n) is 11.7. The molecule has 0 N–H and O–H groups in total. The van der Waals surface area contributed by atoms with E-state index < -0.39 is 0 Å². The molecule has 0 bridgehead atoms. The predicted molar refractivity (Wildman–Crippen MR) is 227 cm³/mol. The Bertz CT molecular complexity index is 2930. The molecule has 8 aromatic carbocycles. The zero-order chi connectivity index (χ0) is 36.7. The summed E-state index contributed by atoms with van der Waals surface area (Å²) >= 11 is 0. The molecule has 1 heterocycles. The summed E-state index contributed by atoms with van der Waals surface area (Å²) in [6, 6.07) is 65.3. The van der Waals surface area contributed by atoms with Crippen molar-refractivity contribution in [3.8, 4) is 67.4 Å². The van der Waals surface area contributed by atoms with E-state index in [1.165, 1.54) is 38.8 Å². The SMILES string of the molecule is CC1(C)c2ccccc2-c2ccc(N(c3cccc(-c4ccccc4)c3)c3ccc4c5c(cccc35)-c3oc(-c5ccccc5-c5ccccc5)nc3-4)cc21. The fourth-order valence-corrected chi connectivity index (χ4v) is 9.03. The Balaban J connectivity index is 1.09. The zero-order valence-corrected chi connectivity index (χ0v) is 30.6. The molecule has 2 aliphatic rings. The number of benzene rings is 8. The van der Waals surface area contributed by atoms with Crippen LogP contribution in [-0.2, 0) is 5.41 Å². The number of rotatable bonds is 6. The predicted octanol–water partition coefficient (Wildman–Crippen LogP) is 14.3. The van der Waals surface area contributed by atoms with Crippen LogP contribution >= 0.6 is 0 Å². The molecule has 2 aliphatic carbocycles. The minimum atomic E-state index is -0.127. The molecule has 0 unspecified atom stereocenters. The molecular formula is C52H36N2O. The second-order valence-electron chi connectivity index (χ2n) is 15.1. The van der Waals surface area contributed by atoms with E-state index in [9.17, 15) is 0 Å². The van der Waals surface area contributed by atoms with Crippen molar-refractivity contribution in [1.29, 1.82) is 0 Å². The lowest BCUT2D eigenvalue weighted by Crippen LogP contribution is -2.16. The van der Waals surface area contributed by atoms with Gasteiger partial charge in [0, 0.05) is 44.3 Å². The molecule has 0 radical (unpaired) electrons. The molecule has 3 nitrogen and oxygen atoms in total. The van der Waals surface area contributed by atoms with Gasteiger partial charge in [0.2, 0.25) is 5.89 Å². The number of aromatic nitrogens is 1. The highest BCUT2D eigenvalue weighted by molar-refractivity contribution is 6.17. The average molecular weight is 705 g/mol. The summed E-state index contributed by atoms with van der Waals surface area (Å²) in [4.78, 5) is 7.65. The van der Waals surface area contributed by atoms with Crippen LogP contribution in [0, 0.1) is 0 Å². The lowest BCUT2D eigenvalue weighted by atomic mass is 9.82. The fourth-order valence-electron chi connectivity index (χ4n) is 9.03. The Morgan fingerprint density at radius 1 is 0.455 bits per heavy atom. The molecule has 9 aromatic rings. The highest BCUT2D eigenvalue weighted by atomic mass is 16.4. The molecule has 0 spiro atoms. The minimum absolute atomic E-state index is 0.127. The number of oxazole rings is 1. The van der Waals surface area contributed by atoms with Gasteiger partial charge in [-0.25, -0.2) is 4.98 Å². The largest absolute Gasteiger partial charge is 0.435 e. The van der Waals surface area contributed by atoms with E-state index in [-0.39, 0.29) is 5.41 Å². The van der Waals surface area contributed by atoms with Crippen LogP contribution in [0.15, 0.2) is 186 Å². The maximum atomic E-state index is 6.76. The summed E-state index contributed by atoms with van der Waals surface area (Å²) in [6.45, 7) is 4.70. The third-order valence-corrected chi connectivity index (χ3v) is 11.7. The first-order valence-electron chi connectivity index (χ1n) is 19.0. The minimum Gasteiger partial charge on any atom is -0.435 e. The van der Waals surface area contributed by atoms with Gasteiger partial charge in [-0.15, -0.1) is 0 Å². The maximum absolute atomic E-state index is 6.76. The van der Waals surface area contributed by atoms with Gasteiger partial charge >= 0.3 is 0 Å². The van der Waals surface area contributed by atoms with Crippen molar-refractivity contribution in [2.75, 3.05) is 4.90 Å². The van der Waals surface area contributed by atoms with Gasteiger partial charge in [-0.2, -0.15) is 0 Å². The normalized spacial score (nSPS) is 13.1. The van der Waals surface area contributed by atoms with Crippen LogP contribution in [0.2, 0.25) is 0 Å². The Morgan fingerprint density at radius 3 is 1.89 bits per heavy atom. The molecule has 1 aromatic heterocycles. The van der Waals surface area contributed by atoms with Crippen molar-refractivity contribution < 1.29 is 4.42 Å². The van der Waals surface area contributed by atoms with Crippen molar-refractivity contribution in [3.05, 3.63) is 193 Å². The van der Waals surface area contributed by atoms with E-state index in [0.717, 1.165) is 61.7 Å². The van der Waals surface area contributed by atoms with Crippen LogP contribution in [0.25, 0.3) is 78.2 Å². The number of fused-ring (bicyclic) bond motifs is 6. The quantitative estimate of drug-likeness (QED) is 0.173. The topological polar surface area (TPSA) is 29.3 Å². The second kappa shape index (κ2) is 12.0. The summed E-state index contributed by atoms with van der Waals surface area (Å²) in [5.74, 6) is 1.46. The lowest BCUT2D eigenvalue weighted by Gasteiger charge is -2.29. The number of hydrogen-bond donors (Lipinski definition) is 0. The van der Waals surface area contributed by atoms with Gasteiger partial charge in [-0.3, -0.25) is 0 Å². The molecule has 260 valence electrons. The van der Waals surface area contributed by atoms with Gasteiger partial charge in [0.1, 0.15) is 5.69 Å². The van der Waals surface area contributed by atoms with Crippen LogP contribution in [0.5, 0.6) is 0 Å². The smallest absolute Gasteiger partial charge is 0.227 e. The molecular weight excluding hydrogens is 669 g/mol. The van der Waals surface area contributed by atoms with E-state index >= 15 is 0 Å². The summed E-state index contributed by atoms with van der Waals surface area (Å²) in [5.41, 5.74) is 17.2. The summed E-state index contributed by atoms with van der Waals surface area (Å²) in [6.07, 6.45) is 0. The number of nitrogens with zero attached hydrogens (tertiary/aromatic N) is 2. The maximum Gasteiger partial charge on any atom is 0.227 e. The molecule has 0 amide bonds. The van der Waals surface area contributed by atoms with Crippen LogP contribution < -0.4 is 4.90 Å². The Hall–Kier alpha value is -6.97. The lowest BCUT2D eigenvalue weighted by molar-refractivity contribution is 0.590. The molecule has 0 saturated carbocycles. The van der Waals surface area contributed by atoms with Crippen LogP contribution in [0.3, 0.4) is 0 Å². The van der Waals surface area contributed by atoms with Crippen LogP contribution in [0.1, 0.15) is 25.0 Å². The molecule has 55 heavy (non-hydrogen) atoms. The van der Waals surface area contributed by atoms with Gasteiger partial charge in [-0.1, -0.05) is 153 Å². The van der Waals surface area contributed by atoms with E-state index in [4.69, 9.17) is 9.40 Å². The molecule has 0 saturated heterocycles. The summed E-state index contributed by atoms with van der Waals surface area (Å²) in [7, 11) is 0. The van der Waals surface area contributed by atoms with Gasteiger partial charge in [0.15, 0.2) is 5.76 Å².